The van der Waals surface area contributed by atoms with E-state index in [2.05, 4.69) is 0 Å². The maximum absolute atomic E-state index is 12.5. The number of amides is 1. The average molecular weight is 403 g/mol. The minimum absolute atomic E-state index is 0.0568. The van der Waals surface area contributed by atoms with E-state index in [4.69, 9.17) is 16.3 Å². The molecule has 3 rings (SSSR count). The van der Waals surface area contributed by atoms with Crippen LogP contribution in [0.25, 0.3) is 0 Å². The van der Waals surface area contributed by atoms with Gasteiger partial charge in [0.05, 0.1) is 6.54 Å². The number of fused-ring (bicyclic) bond motifs is 1. The molecule has 2 heterocycles. The molecule has 0 unspecified atom stereocenters. The molecule has 0 N–H and O–H groups in total. The van der Waals surface area contributed by atoms with Crippen LogP contribution in [0.4, 0.5) is 0 Å². The van der Waals surface area contributed by atoms with E-state index in [1.165, 1.54) is 9.47 Å². The van der Waals surface area contributed by atoms with Crippen molar-refractivity contribution in [2.75, 3.05) is 20.2 Å². The number of halogens is 1. The van der Waals surface area contributed by atoms with Gasteiger partial charge in [-0.15, -0.1) is 0 Å². The zero-order chi connectivity index (χ0) is 20.3. The molecular formula is C19H19ClN4O4. The number of hydrogen-bond donors (Lipinski definition) is 0. The molecule has 0 bridgehead atoms. The van der Waals surface area contributed by atoms with Gasteiger partial charge in [-0.3, -0.25) is 14.2 Å². The van der Waals surface area contributed by atoms with Gasteiger partial charge in [-0.05, 0) is 37.1 Å². The molecule has 1 aliphatic rings. The highest BCUT2D eigenvalue weighted by atomic mass is 35.5. The van der Waals surface area contributed by atoms with E-state index in [0.717, 1.165) is 4.57 Å². The molecule has 0 radical (unpaired) electrons. The highest BCUT2D eigenvalue weighted by Gasteiger charge is 2.24. The second-order valence-electron chi connectivity index (χ2n) is 6.48. The number of rotatable bonds is 6. The zero-order valence-corrected chi connectivity index (χ0v) is 16.1. The number of nitrogens with zero attached hydrogens (tertiary/aromatic N) is 4. The molecule has 8 nitrogen and oxygen atoms in total. The lowest BCUT2D eigenvalue weighted by Gasteiger charge is -2.18. The monoisotopic (exact) mass is 402 g/mol. The van der Waals surface area contributed by atoms with Crippen LogP contribution in [0, 0.1) is 11.3 Å². The van der Waals surface area contributed by atoms with Crippen molar-refractivity contribution in [2.24, 2.45) is 0 Å². The van der Waals surface area contributed by atoms with Crippen LogP contribution in [0.3, 0.4) is 0 Å². The first-order valence-electron chi connectivity index (χ1n) is 8.81. The molecule has 2 aromatic rings. The molecule has 0 fully saturated rings. The smallest absolute Gasteiger partial charge is 0.331 e. The van der Waals surface area contributed by atoms with Crippen molar-refractivity contribution in [2.45, 2.75) is 25.9 Å². The first kappa shape index (κ1) is 19.7. The number of ether oxygens (including phenoxy) is 1. The molecule has 28 heavy (non-hydrogen) atoms. The topological polar surface area (TPSA) is 97.3 Å². The van der Waals surface area contributed by atoms with Gasteiger partial charge in [0, 0.05) is 24.3 Å². The van der Waals surface area contributed by atoms with Crippen LogP contribution in [-0.2, 0) is 24.3 Å². The lowest BCUT2D eigenvalue weighted by atomic mass is 10.2. The average Bonchev–Trinajstić information content (AvgIpc) is 3.16. The SMILES string of the molecule is CN(CCOc1ccc(Cl)cc1)C(=O)Cn1c(=O)c(C#N)c2n(c1=O)CCC2. The fourth-order valence-electron chi connectivity index (χ4n) is 3.10. The van der Waals surface area contributed by atoms with Crippen LogP contribution in [0.1, 0.15) is 17.7 Å². The summed E-state index contributed by atoms with van der Waals surface area (Å²) in [6.45, 7) is 0.547. The summed E-state index contributed by atoms with van der Waals surface area (Å²) in [6.07, 6.45) is 1.22. The van der Waals surface area contributed by atoms with Crippen LogP contribution in [0.2, 0.25) is 5.02 Å². The number of aromatic nitrogens is 2. The first-order valence-corrected chi connectivity index (χ1v) is 9.19. The van der Waals surface area contributed by atoms with Gasteiger partial charge in [0.25, 0.3) is 5.56 Å². The molecule has 0 saturated heterocycles. The first-order chi connectivity index (χ1) is 13.4. The van der Waals surface area contributed by atoms with Crippen LogP contribution in [0.15, 0.2) is 33.9 Å². The van der Waals surface area contributed by atoms with E-state index in [0.29, 0.717) is 35.9 Å². The molecule has 0 aliphatic carbocycles. The van der Waals surface area contributed by atoms with E-state index in [1.54, 1.807) is 31.3 Å². The van der Waals surface area contributed by atoms with Crippen LogP contribution in [-0.4, -0.2) is 40.1 Å². The number of carbonyl (C=O) groups is 1. The summed E-state index contributed by atoms with van der Waals surface area (Å²) in [7, 11) is 1.56. The Balaban J connectivity index is 1.67. The summed E-state index contributed by atoms with van der Waals surface area (Å²) in [5.41, 5.74) is -0.847. The van der Waals surface area contributed by atoms with Crippen molar-refractivity contribution >= 4 is 17.5 Å². The van der Waals surface area contributed by atoms with E-state index in [1.807, 2.05) is 6.07 Å². The number of hydrogen-bond acceptors (Lipinski definition) is 5. The maximum atomic E-state index is 12.5. The van der Waals surface area contributed by atoms with Crippen molar-refractivity contribution in [3.05, 3.63) is 61.4 Å². The van der Waals surface area contributed by atoms with E-state index >= 15 is 0 Å². The van der Waals surface area contributed by atoms with E-state index in [9.17, 15) is 19.6 Å². The Bertz CT molecular complexity index is 1050. The highest BCUT2D eigenvalue weighted by Crippen LogP contribution is 2.15. The Morgan fingerprint density at radius 2 is 2.04 bits per heavy atom. The number of nitriles is 1. The van der Waals surface area contributed by atoms with Crippen molar-refractivity contribution in [3.8, 4) is 11.8 Å². The fraction of sp³-hybridized carbons (Fsp3) is 0.368. The van der Waals surface area contributed by atoms with Gasteiger partial charge in [0.2, 0.25) is 5.91 Å². The number of likely N-dealkylation sites (N-methyl/N-ethyl adjacent to an activating group) is 1. The molecule has 0 saturated carbocycles. The van der Waals surface area contributed by atoms with Crippen molar-refractivity contribution in [1.82, 2.24) is 14.0 Å². The summed E-state index contributed by atoms with van der Waals surface area (Å²) >= 11 is 5.81. The third-order valence-corrected chi connectivity index (χ3v) is 4.92. The molecule has 1 aromatic carbocycles. The minimum Gasteiger partial charge on any atom is -0.492 e. The third kappa shape index (κ3) is 3.94. The van der Waals surface area contributed by atoms with Crippen molar-refractivity contribution in [3.63, 3.8) is 0 Å². The second kappa shape index (κ2) is 8.31. The number of benzene rings is 1. The van der Waals surface area contributed by atoms with Gasteiger partial charge in [0.15, 0.2) is 0 Å². The summed E-state index contributed by atoms with van der Waals surface area (Å²) in [4.78, 5) is 38.9. The molecule has 1 aromatic heterocycles. The zero-order valence-electron chi connectivity index (χ0n) is 15.4. The predicted octanol–water partition coefficient (Wildman–Crippen LogP) is 1.02. The molecule has 0 atom stereocenters. The number of carbonyl (C=O) groups excluding carboxylic acids is 1. The second-order valence-corrected chi connectivity index (χ2v) is 6.92. The van der Waals surface area contributed by atoms with Crippen molar-refractivity contribution < 1.29 is 9.53 Å². The standard InChI is InChI=1S/C19H19ClN4O4/c1-22(9-10-28-14-6-4-13(20)5-7-14)17(25)12-24-18(26)15(11-21)16-3-2-8-23(16)19(24)27/h4-7H,2-3,8-10,12H2,1H3. The molecule has 0 spiro atoms. The predicted molar refractivity (Wildman–Crippen MR) is 103 cm³/mol. The summed E-state index contributed by atoms with van der Waals surface area (Å²) < 4.78 is 7.80. The minimum atomic E-state index is -0.709. The van der Waals surface area contributed by atoms with Crippen LogP contribution >= 0.6 is 11.6 Å². The highest BCUT2D eigenvalue weighted by molar-refractivity contribution is 6.30. The van der Waals surface area contributed by atoms with Gasteiger partial charge < -0.3 is 9.64 Å². The Hall–Kier alpha value is -3.05. The van der Waals surface area contributed by atoms with Crippen LogP contribution < -0.4 is 16.0 Å². The molecule has 1 aliphatic heterocycles. The lowest BCUT2D eigenvalue weighted by molar-refractivity contribution is -0.131. The van der Waals surface area contributed by atoms with Gasteiger partial charge in [0.1, 0.15) is 30.5 Å². The molecule has 9 heteroatoms. The fourth-order valence-corrected chi connectivity index (χ4v) is 3.23. The van der Waals surface area contributed by atoms with E-state index in [-0.39, 0.29) is 18.7 Å². The molecule has 146 valence electrons. The van der Waals surface area contributed by atoms with Gasteiger partial charge in [-0.25, -0.2) is 9.36 Å². The van der Waals surface area contributed by atoms with Crippen molar-refractivity contribution in [1.29, 1.82) is 5.26 Å². The third-order valence-electron chi connectivity index (χ3n) is 4.67. The summed E-state index contributed by atoms with van der Waals surface area (Å²) in [5.74, 6) is 0.207. The Morgan fingerprint density at radius 3 is 2.71 bits per heavy atom. The van der Waals surface area contributed by atoms with Gasteiger partial charge >= 0.3 is 5.69 Å². The van der Waals surface area contributed by atoms with Gasteiger partial charge in [-0.2, -0.15) is 5.26 Å². The summed E-state index contributed by atoms with van der Waals surface area (Å²) in [5, 5.41) is 9.88. The molecule has 1 amide bonds. The Morgan fingerprint density at radius 1 is 1.32 bits per heavy atom. The van der Waals surface area contributed by atoms with Gasteiger partial charge in [-0.1, -0.05) is 11.6 Å². The quantitative estimate of drug-likeness (QED) is 0.718. The largest absolute Gasteiger partial charge is 0.492 e. The maximum Gasteiger partial charge on any atom is 0.331 e. The lowest BCUT2D eigenvalue weighted by Crippen LogP contribution is -2.45. The van der Waals surface area contributed by atoms with E-state index < -0.39 is 23.7 Å². The summed E-state index contributed by atoms with van der Waals surface area (Å²) in [6, 6.07) is 8.72. The molecular weight excluding hydrogens is 384 g/mol. The normalized spacial score (nSPS) is 12.3. The Labute approximate surface area is 166 Å². The van der Waals surface area contributed by atoms with Crippen LogP contribution in [0.5, 0.6) is 5.75 Å². The Kier molecular flexibility index (Phi) is 5.85.